The maximum atomic E-state index is 13.2. The summed E-state index contributed by atoms with van der Waals surface area (Å²) in [5.41, 5.74) is 6.45. The molecule has 2 heterocycles. The minimum atomic E-state index is -0.146. The fraction of sp³-hybridized carbons (Fsp3) is 0.310. The van der Waals surface area contributed by atoms with Crippen LogP contribution in [0.3, 0.4) is 0 Å². The van der Waals surface area contributed by atoms with Gasteiger partial charge in [-0.25, -0.2) is 4.98 Å². The number of carbonyl (C=O) groups excluding carboxylic acids is 1. The van der Waals surface area contributed by atoms with Crippen LogP contribution in [0, 0.1) is 0 Å². The maximum absolute atomic E-state index is 13.2. The second kappa shape index (κ2) is 10.2. The van der Waals surface area contributed by atoms with Crippen molar-refractivity contribution in [3.8, 4) is 11.4 Å². The summed E-state index contributed by atoms with van der Waals surface area (Å²) in [6.07, 6.45) is 5.42. The number of anilines is 1. The van der Waals surface area contributed by atoms with Crippen LogP contribution in [-0.4, -0.2) is 29.1 Å². The summed E-state index contributed by atoms with van der Waals surface area (Å²) in [6.45, 7) is 3.79. The Labute approximate surface area is 200 Å². The number of carbonyl (C=O) groups is 1. The molecule has 3 aromatic carbocycles. The van der Waals surface area contributed by atoms with Crippen molar-refractivity contribution in [3.05, 3.63) is 83.4 Å². The van der Waals surface area contributed by atoms with Crippen molar-refractivity contribution in [2.75, 3.05) is 18.5 Å². The zero-order chi connectivity index (χ0) is 23.3. The predicted octanol–water partition coefficient (Wildman–Crippen LogP) is 6.72. The summed E-state index contributed by atoms with van der Waals surface area (Å²) in [7, 11) is 0. The summed E-state index contributed by atoms with van der Waals surface area (Å²) in [5.74, 6) is 1.14. The quantitative estimate of drug-likeness (QED) is 0.352. The van der Waals surface area contributed by atoms with E-state index in [-0.39, 0.29) is 5.91 Å². The lowest BCUT2D eigenvalue weighted by molar-refractivity contribution is 0.102. The van der Waals surface area contributed by atoms with Gasteiger partial charge < -0.3 is 15.0 Å². The number of benzene rings is 3. The molecule has 1 aromatic heterocycles. The first kappa shape index (κ1) is 22.4. The molecule has 174 valence electrons. The number of ether oxygens (including phenoxy) is 1. The largest absolute Gasteiger partial charge is 0.381 e. The van der Waals surface area contributed by atoms with E-state index in [1.807, 2.05) is 42.5 Å². The summed E-state index contributed by atoms with van der Waals surface area (Å²) < 4.78 is 5.72. The number of aromatic nitrogens is 2. The molecule has 0 radical (unpaired) electrons. The number of aryl methyl sites for hydroxylation is 1. The van der Waals surface area contributed by atoms with Gasteiger partial charge in [0.1, 0.15) is 11.3 Å². The van der Waals surface area contributed by atoms with Gasteiger partial charge in [0.2, 0.25) is 0 Å². The predicted molar refractivity (Wildman–Crippen MR) is 137 cm³/mol. The molecule has 5 rings (SSSR count). The molecule has 0 spiro atoms. The van der Waals surface area contributed by atoms with E-state index >= 15 is 0 Å². The Kier molecular flexibility index (Phi) is 6.72. The monoisotopic (exact) mass is 453 g/mol. The number of aromatic amines is 1. The van der Waals surface area contributed by atoms with E-state index in [4.69, 9.17) is 9.72 Å². The molecule has 2 N–H and O–H groups in total. The molecule has 0 bridgehead atoms. The summed E-state index contributed by atoms with van der Waals surface area (Å²) in [4.78, 5) is 21.5. The van der Waals surface area contributed by atoms with Crippen molar-refractivity contribution in [1.29, 1.82) is 0 Å². The molecular weight excluding hydrogens is 422 g/mol. The van der Waals surface area contributed by atoms with Gasteiger partial charge in [0, 0.05) is 24.5 Å². The number of hydrogen-bond acceptors (Lipinski definition) is 3. The molecule has 1 atom stereocenters. The molecule has 1 saturated heterocycles. The topological polar surface area (TPSA) is 67.0 Å². The highest BCUT2D eigenvalue weighted by atomic mass is 16.5. The average molecular weight is 454 g/mol. The third kappa shape index (κ3) is 4.75. The van der Waals surface area contributed by atoms with Gasteiger partial charge in [-0.2, -0.15) is 0 Å². The number of hydrogen-bond donors (Lipinski definition) is 2. The van der Waals surface area contributed by atoms with Crippen molar-refractivity contribution in [2.45, 2.75) is 44.9 Å². The molecule has 34 heavy (non-hydrogen) atoms. The van der Waals surface area contributed by atoms with Crippen molar-refractivity contribution >= 4 is 22.6 Å². The van der Waals surface area contributed by atoms with E-state index in [0.717, 1.165) is 60.6 Å². The zero-order valence-electron chi connectivity index (χ0n) is 19.6. The van der Waals surface area contributed by atoms with Crippen LogP contribution in [0.2, 0.25) is 0 Å². The molecule has 1 aliphatic rings. The molecule has 1 amide bonds. The fourth-order valence-electron chi connectivity index (χ4n) is 4.83. The zero-order valence-corrected chi connectivity index (χ0v) is 19.6. The fourth-order valence-corrected chi connectivity index (χ4v) is 4.83. The second-order valence-electron chi connectivity index (χ2n) is 8.97. The van der Waals surface area contributed by atoms with Crippen molar-refractivity contribution in [3.63, 3.8) is 0 Å². The van der Waals surface area contributed by atoms with Gasteiger partial charge in [-0.05, 0) is 67.0 Å². The molecule has 4 aromatic rings. The van der Waals surface area contributed by atoms with Gasteiger partial charge in [-0.15, -0.1) is 0 Å². The van der Waals surface area contributed by atoms with Crippen LogP contribution in [0.15, 0.2) is 66.7 Å². The maximum Gasteiger partial charge on any atom is 0.257 e. The SMILES string of the molecule is CCc1ccccc1NC(=O)c1cccc2[nH]c(-c3cccc(C4CCCCOCC4)c3)nc12. The number of H-pyrrole nitrogens is 1. The summed E-state index contributed by atoms with van der Waals surface area (Å²) >= 11 is 0. The van der Waals surface area contributed by atoms with Gasteiger partial charge in [-0.3, -0.25) is 4.79 Å². The van der Waals surface area contributed by atoms with Gasteiger partial charge in [0.15, 0.2) is 0 Å². The Morgan fingerprint density at radius 1 is 1.03 bits per heavy atom. The van der Waals surface area contributed by atoms with Crippen LogP contribution in [0.4, 0.5) is 5.69 Å². The van der Waals surface area contributed by atoms with Crippen LogP contribution >= 0.6 is 0 Å². The molecule has 5 heteroatoms. The first-order valence-electron chi connectivity index (χ1n) is 12.3. The standard InChI is InChI=1S/C29H31N3O2/c1-2-20-9-3-4-14-25(20)31-29(33)24-13-8-15-26-27(24)32-28(30-26)23-12-7-11-22(19-23)21-10-5-6-17-34-18-16-21/h3-4,7-9,11-15,19,21H,2,5-6,10,16-18H2,1H3,(H,30,32)(H,31,33). The van der Waals surface area contributed by atoms with Crippen LogP contribution < -0.4 is 5.32 Å². The second-order valence-corrected chi connectivity index (χ2v) is 8.97. The van der Waals surface area contributed by atoms with Crippen LogP contribution in [-0.2, 0) is 11.2 Å². The minimum Gasteiger partial charge on any atom is -0.381 e. The average Bonchev–Trinajstić information content (AvgIpc) is 3.29. The van der Waals surface area contributed by atoms with E-state index in [2.05, 4.69) is 41.5 Å². The first-order chi connectivity index (χ1) is 16.7. The molecular formula is C29H31N3O2. The van der Waals surface area contributed by atoms with Crippen LogP contribution in [0.5, 0.6) is 0 Å². The molecule has 1 unspecified atom stereocenters. The lowest BCUT2D eigenvalue weighted by atomic mass is 9.89. The van der Waals surface area contributed by atoms with E-state index in [9.17, 15) is 4.79 Å². The van der Waals surface area contributed by atoms with E-state index in [0.29, 0.717) is 17.0 Å². The number of nitrogens with zero attached hydrogens (tertiary/aromatic N) is 1. The van der Waals surface area contributed by atoms with Gasteiger partial charge in [0.25, 0.3) is 5.91 Å². The third-order valence-electron chi connectivity index (χ3n) is 6.74. The lowest BCUT2D eigenvalue weighted by Crippen LogP contribution is -2.13. The normalized spacial score (nSPS) is 16.7. The highest BCUT2D eigenvalue weighted by molar-refractivity contribution is 6.12. The summed E-state index contributed by atoms with van der Waals surface area (Å²) in [5, 5.41) is 3.08. The Morgan fingerprint density at radius 2 is 1.91 bits per heavy atom. The number of nitrogens with one attached hydrogen (secondary N) is 2. The number of para-hydroxylation sites is 2. The Balaban J connectivity index is 1.44. The molecule has 0 saturated carbocycles. The summed E-state index contributed by atoms with van der Waals surface area (Å²) in [6, 6.07) is 22.3. The first-order valence-corrected chi connectivity index (χ1v) is 12.3. The highest BCUT2D eigenvalue weighted by Gasteiger charge is 2.18. The van der Waals surface area contributed by atoms with E-state index in [1.165, 1.54) is 18.4 Å². The Morgan fingerprint density at radius 3 is 2.82 bits per heavy atom. The van der Waals surface area contributed by atoms with Gasteiger partial charge in [0.05, 0.1) is 11.1 Å². The lowest BCUT2D eigenvalue weighted by Gasteiger charge is -2.20. The van der Waals surface area contributed by atoms with Crippen LogP contribution in [0.25, 0.3) is 22.4 Å². The Bertz CT molecular complexity index is 1290. The van der Waals surface area contributed by atoms with Gasteiger partial charge >= 0.3 is 0 Å². The van der Waals surface area contributed by atoms with E-state index in [1.54, 1.807) is 0 Å². The molecule has 0 aliphatic carbocycles. The van der Waals surface area contributed by atoms with Crippen LogP contribution in [0.1, 0.15) is 60.0 Å². The smallest absolute Gasteiger partial charge is 0.257 e. The molecule has 1 aliphatic heterocycles. The van der Waals surface area contributed by atoms with Gasteiger partial charge in [-0.1, -0.05) is 55.8 Å². The molecule has 5 nitrogen and oxygen atoms in total. The Hall–Kier alpha value is -3.44. The number of imidazole rings is 1. The van der Waals surface area contributed by atoms with Crippen molar-refractivity contribution in [1.82, 2.24) is 9.97 Å². The minimum absolute atomic E-state index is 0.146. The number of rotatable bonds is 5. The van der Waals surface area contributed by atoms with Crippen molar-refractivity contribution < 1.29 is 9.53 Å². The van der Waals surface area contributed by atoms with Crippen molar-refractivity contribution in [2.24, 2.45) is 0 Å². The highest BCUT2D eigenvalue weighted by Crippen LogP contribution is 2.31. The number of amides is 1. The molecule has 1 fully saturated rings. The third-order valence-corrected chi connectivity index (χ3v) is 6.74. The number of fused-ring (bicyclic) bond motifs is 1. The van der Waals surface area contributed by atoms with E-state index < -0.39 is 0 Å².